The molecule has 0 aromatic carbocycles. The van der Waals surface area contributed by atoms with Gasteiger partial charge in [-0.15, -0.1) is 0 Å². The van der Waals surface area contributed by atoms with E-state index in [0.29, 0.717) is 0 Å². The van der Waals surface area contributed by atoms with Gasteiger partial charge < -0.3 is 4.90 Å². The highest BCUT2D eigenvalue weighted by molar-refractivity contribution is 9.08. The van der Waals surface area contributed by atoms with Crippen molar-refractivity contribution >= 4 is 21.7 Å². The van der Waals surface area contributed by atoms with Gasteiger partial charge in [0.1, 0.15) is 5.82 Å². The second-order valence-corrected chi connectivity index (χ2v) is 5.25. The summed E-state index contributed by atoms with van der Waals surface area (Å²) in [5, 5.41) is 0.882. The molecule has 0 radical (unpaired) electrons. The maximum Gasteiger partial charge on any atom is 0.128 e. The lowest BCUT2D eigenvalue weighted by atomic mass is 10.1. The van der Waals surface area contributed by atoms with Crippen molar-refractivity contribution in [2.75, 3.05) is 18.5 Å². The zero-order chi connectivity index (χ0) is 11.4. The third kappa shape index (κ3) is 2.97. The van der Waals surface area contributed by atoms with Crippen molar-refractivity contribution in [3.8, 4) is 0 Å². The van der Waals surface area contributed by atoms with E-state index >= 15 is 0 Å². The number of nitrogens with zero attached hydrogens (tertiary/aromatic N) is 2. The molecule has 2 nitrogen and oxygen atoms in total. The molecule has 0 amide bonds. The van der Waals surface area contributed by atoms with Crippen LogP contribution in [0.5, 0.6) is 0 Å². The summed E-state index contributed by atoms with van der Waals surface area (Å²) in [7, 11) is 2.15. The topological polar surface area (TPSA) is 16.1 Å². The molecule has 3 heteroatoms. The fourth-order valence-electron chi connectivity index (χ4n) is 2.40. The van der Waals surface area contributed by atoms with Gasteiger partial charge >= 0.3 is 0 Å². The van der Waals surface area contributed by atoms with Crippen molar-refractivity contribution < 1.29 is 0 Å². The van der Waals surface area contributed by atoms with Gasteiger partial charge in [0.15, 0.2) is 0 Å². The summed E-state index contributed by atoms with van der Waals surface area (Å²) in [6.07, 6.45) is 7.56. The van der Waals surface area contributed by atoms with Crippen molar-refractivity contribution in [3.63, 3.8) is 0 Å². The highest BCUT2D eigenvalue weighted by atomic mass is 79.9. The second-order valence-electron chi connectivity index (χ2n) is 4.69. The average molecular weight is 283 g/mol. The zero-order valence-electron chi connectivity index (χ0n) is 9.82. The van der Waals surface area contributed by atoms with Crippen molar-refractivity contribution in [3.05, 3.63) is 23.9 Å². The number of aromatic nitrogens is 1. The van der Waals surface area contributed by atoms with Gasteiger partial charge in [0.05, 0.1) is 0 Å². The first-order valence-electron chi connectivity index (χ1n) is 6.01. The van der Waals surface area contributed by atoms with E-state index in [1.807, 2.05) is 6.20 Å². The molecule has 1 heterocycles. The SMILES string of the molecule is CN(CC1CCCC1)c1ccc(CBr)cn1. The molecule has 0 bridgehead atoms. The molecular formula is C13H19BrN2. The molecule has 1 aliphatic rings. The molecule has 0 atom stereocenters. The van der Waals surface area contributed by atoms with Crippen molar-refractivity contribution in [1.29, 1.82) is 0 Å². The number of rotatable bonds is 4. The lowest BCUT2D eigenvalue weighted by Gasteiger charge is -2.22. The number of hydrogen-bond donors (Lipinski definition) is 0. The third-order valence-corrected chi connectivity index (χ3v) is 4.01. The lowest BCUT2D eigenvalue weighted by Crippen LogP contribution is -2.24. The van der Waals surface area contributed by atoms with Gasteiger partial charge in [0, 0.05) is 25.1 Å². The molecular weight excluding hydrogens is 264 g/mol. The monoisotopic (exact) mass is 282 g/mol. The molecule has 1 aliphatic carbocycles. The minimum absolute atomic E-state index is 0.877. The van der Waals surface area contributed by atoms with Crippen LogP contribution in [0.2, 0.25) is 0 Å². The molecule has 1 fully saturated rings. The second kappa shape index (κ2) is 5.67. The normalized spacial score (nSPS) is 16.6. The van der Waals surface area contributed by atoms with Gasteiger partial charge in [-0.2, -0.15) is 0 Å². The van der Waals surface area contributed by atoms with Crippen molar-refractivity contribution in [2.24, 2.45) is 5.92 Å². The van der Waals surface area contributed by atoms with E-state index in [9.17, 15) is 0 Å². The summed E-state index contributed by atoms with van der Waals surface area (Å²) in [5.41, 5.74) is 1.23. The first kappa shape index (κ1) is 11.9. The standard InChI is InChI=1S/C13H19BrN2/c1-16(10-11-4-2-3-5-11)13-7-6-12(8-14)9-15-13/h6-7,9,11H,2-5,8,10H2,1H3. The van der Waals surface area contributed by atoms with Crippen LogP contribution >= 0.6 is 15.9 Å². The van der Waals surface area contributed by atoms with E-state index in [-0.39, 0.29) is 0 Å². The largest absolute Gasteiger partial charge is 0.359 e. The Morgan fingerprint density at radius 2 is 2.12 bits per heavy atom. The van der Waals surface area contributed by atoms with Crippen LogP contribution in [-0.2, 0) is 5.33 Å². The van der Waals surface area contributed by atoms with Gasteiger partial charge in [0.2, 0.25) is 0 Å². The van der Waals surface area contributed by atoms with E-state index in [4.69, 9.17) is 0 Å². The molecule has 0 spiro atoms. The van der Waals surface area contributed by atoms with Crippen LogP contribution in [0.4, 0.5) is 5.82 Å². The number of pyridine rings is 1. The maximum atomic E-state index is 4.49. The molecule has 0 unspecified atom stereocenters. The average Bonchev–Trinajstić information content (AvgIpc) is 2.82. The summed E-state index contributed by atoms with van der Waals surface area (Å²) in [4.78, 5) is 6.77. The smallest absolute Gasteiger partial charge is 0.128 e. The Balaban J connectivity index is 1.94. The Kier molecular flexibility index (Phi) is 4.22. The highest BCUT2D eigenvalue weighted by Gasteiger charge is 2.17. The number of halogens is 1. The maximum absolute atomic E-state index is 4.49. The Morgan fingerprint density at radius 1 is 1.38 bits per heavy atom. The van der Waals surface area contributed by atoms with Gasteiger partial charge in [0.25, 0.3) is 0 Å². The Labute approximate surface area is 106 Å². The molecule has 0 N–H and O–H groups in total. The quantitative estimate of drug-likeness (QED) is 0.785. The fraction of sp³-hybridized carbons (Fsp3) is 0.615. The van der Waals surface area contributed by atoms with Crippen LogP contribution < -0.4 is 4.90 Å². The minimum Gasteiger partial charge on any atom is -0.359 e. The number of alkyl halides is 1. The summed E-state index contributed by atoms with van der Waals surface area (Å²) in [6, 6.07) is 4.26. The van der Waals surface area contributed by atoms with E-state index in [0.717, 1.165) is 23.6 Å². The summed E-state index contributed by atoms with van der Waals surface area (Å²) in [6.45, 7) is 1.15. The fourth-order valence-corrected chi connectivity index (χ4v) is 2.73. The lowest BCUT2D eigenvalue weighted by molar-refractivity contribution is 0.545. The van der Waals surface area contributed by atoms with Crippen LogP contribution in [0.15, 0.2) is 18.3 Å². The Morgan fingerprint density at radius 3 is 2.69 bits per heavy atom. The zero-order valence-corrected chi connectivity index (χ0v) is 11.4. The first-order chi connectivity index (χ1) is 7.79. The third-order valence-electron chi connectivity index (χ3n) is 3.36. The summed E-state index contributed by atoms with van der Waals surface area (Å²) < 4.78 is 0. The molecule has 16 heavy (non-hydrogen) atoms. The van der Waals surface area contributed by atoms with Gasteiger partial charge in [-0.05, 0) is 30.4 Å². The predicted octanol–water partition coefficient (Wildman–Crippen LogP) is 3.60. The van der Waals surface area contributed by atoms with Crippen LogP contribution in [0.3, 0.4) is 0 Å². The summed E-state index contributed by atoms with van der Waals surface area (Å²) >= 11 is 3.44. The van der Waals surface area contributed by atoms with E-state index in [1.165, 1.54) is 31.2 Å². The molecule has 1 aromatic heterocycles. The first-order valence-corrected chi connectivity index (χ1v) is 7.14. The van der Waals surface area contributed by atoms with Gasteiger partial charge in [-0.1, -0.05) is 34.8 Å². The Hall–Kier alpha value is -0.570. The molecule has 0 saturated heterocycles. The van der Waals surface area contributed by atoms with E-state index < -0.39 is 0 Å². The van der Waals surface area contributed by atoms with Crippen molar-refractivity contribution in [1.82, 2.24) is 4.98 Å². The predicted molar refractivity (Wildman–Crippen MR) is 72.1 cm³/mol. The minimum atomic E-state index is 0.877. The van der Waals surface area contributed by atoms with Crippen LogP contribution in [0.1, 0.15) is 31.2 Å². The molecule has 0 aliphatic heterocycles. The molecule has 2 rings (SSSR count). The Bertz CT molecular complexity index is 317. The van der Waals surface area contributed by atoms with Gasteiger partial charge in [-0.25, -0.2) is 4.98 Å². The number of hydrogen-bond acceptors (Lipinski definition) is 2. The molecule has 88 valence electrons. The van der Waals surface area contributed by atoms with Crippen LogP contribution in [0.25, 0.3) is 0 Å². The molecule has 1 aromatic rings. The van der Waals surface area contributed by atoms with E-state index in [1.54, 1.807) is 0 Å². The van der Waals surface area contributed by atoms with Crippen molar-refractivity contribution in [2.45, 2.75) is 31.0 Å². The van der Waals surface area contributed by atoms with E-state index in [2.05, 4.69) is 45.0 Å². The highest BCUT2D eigenvalue weighted by Crippen LogP contribution is 2.26. The van der Waals surface area contributed by atoms with Crippen LogP contribution in [0, 0.1) is 5.92 Å². The van der Waals surface area contributed by atoms with Gasteiger partial charge in [-0.3, -0.25) is 0 Å². The summed E-state index contributed by atoms with van der Waals surface area (Å²) in [5.74, 6) is 1.97. The number of anilines is 1. The molecule has 1 saturated carbocycles. The van der Waals surface area contributed by atoms with Crippen LogP contribution in [-0.4, -0.2) is 18.6 Å².